The van der Waals surface area contributed by atoms with Gasteiger partial charge in [-0.2, -0.15) is 0 Å². The SMILES string of the molecule is C=C(C)C1CCC2(C(=O)O)CC[C@]3(C)C(CC[C@@H]4C5(C)CC(=O)N(c6ccc(C(=O)O)cc6)C(C)(C)C5CCC43C)C12. The third kappa shape index (κ3) is 3.59. The standard InChI is InChI=1S/C36H49NO5/c1-21(2)24-14-17-36(31(41)42)19-18-34(6)25(29(24)36)12-13-27-33(5)20-28(38)37(23-10-8-22(9-11-23)30(39)40)32(3,4)26(33)15-16-35(27,34)7/h8-11,24-27,29H,1,12-20H2,2-7H3,(H,39,40)(H,41,42)/t24?,25?,26?,27-,29?,33?,34-,35?,36?/m1/s1. The van der Waals surface area contributed by atoms with Gasteiger partial charge in [-0.1, -0.05) is 32.9 Å². The van der Waals surface area contributed by atoms with Crippen molar-refractivity contribution in [3.05, 3.63) is 42.0 Å². The fraction of sp³-hybridized carbons (Fsp3) is 0.694. The molecule has 1 aromatic carbocycles. The quantitative estimate of drug-likeness (QED) is 0.357. The molecule has 7 unspecified atom stereocenters. The van der Waals surface area contributed by atoms with Crippen LogP contribution in [-0.2, 0) is 9.59 Å². The Balaban J connectivity index is 1.36. The summed E-state index contributed by atoms with van der Waals surface area (Å²) in [4.78, 5) is 40.5. The highest BCUT2D eigenvalue weighted by molar-refractivity contribution is 5.97. The number of fused-ring (bicyclic) bond motifs is 7. The van der Waals surface area contributed by atoms with Gasteiger partial charge in [0.15, 0.2) is 0 Å². The van der Waals surface area contributed by atoms with E-state index in [-0.39, 0.29) is 39.6 Å². The van der Waals surface area contributed by atoms with Crippen LogP contribution in [0.2, 0.25) is 0 Å². The van der Waals surface area contributed by atoms with E-state index < -0.39 is 22.9 Å². The Kier molecular flexibility index (Phi) is 6.44. The number of benzene rings is 1. The second-order valence-corrected chi connectivity index (χ2v) is 16.1. The number of carboxylic acids is 2. The molecule has 6 rings (SSSR count). The van der Waals surface area contributed by atoms with Gasteiger partial charge in [-0.05, 0) is 142 Å². The van der Waals surface area contributed by atoms with Crippen molar-refractivity contribution in [1.82, 2.24) is 0 Å². The molecule has 42 heavy (non-hydrogen) atoms. The van der Waals surface area contributed by atoms with Crippen molar-refractivity contribution >= 4 is 23.5 Å². The molecule has 0 aromatic heterocycles. The number of hydrogen-bond acceptors (Lipinski definition) is 3. The maximum atomic E-state index is 14.2. The zero-order valence-electron chi connectivity index (χ0n) is 26.3. The number of carbonyl (C=O) groups is 3. The summed E-state index contributed by atoms with van der Waals surface area (Å²) >= 11 is 0. The molecule has 5 aliphatic rings. The van der Waals surface area contributed by atoms with Crippen molar-refractivity contribution in [3.8, 4) is 0 Å². The van der Waals surface area contributed by atoms with Gasteiger partial charge in [0.25, 0.3) is 0 Å². The molecule has 1 aliphatic heterocycles. The molecule has 1 heterocycles. The van der Waals surface area contributed by atoms with E-state index in [1.54, 1.807) is 24.3 Å². The minimum Gasteiger partial charge on any atom is -0.481 e. The maximum absolute atomic E-state index is 14.2. The van der Waals surface area contributed by atoms with Crippen molar-refractivity contribution in [1.29, 1.82) is 0 Å². The number of allylic oxidation sites excluding steroid dienone is 1. The van der Waals surface area contributed by atoms with Crippen molar-refractivity contribution < 1.29 is 24.6 Å². The molecule has 6 heteroatoms. The van der Waals surface area contributed by atoms with Gasteiger partial charge in [0.1, 0.15) is 0 Å². The molecule has 2 N–H and O–H groups in total. The van der Waals surface area contributed by atoms with E-state index in [4.69, 9.17) is 0 Å². The molecule has 6 nitrogen and oxygen atoms in total. The second kappa shape index (κ2) is 9.19. The van der Waals surface area contributed by atoms with E-state index in [0.29, 0.717) is 24.2 Å². The Morgan fingerprint density at radius 3 is 2.12 bits per heavy atom. The Hall–Kier alpha value is -2.63. The largest absolute Gasteiger partial charge is 0.481 e. The van der Waals surface area contributed by atoms with Crippen LogP contribution in [0.25, 0.3) is 0 Å². The lowest BCUT2D eigenvalue weighted by Crippen LogP contribution is -2.71. The van der Waals surface area contributed by atoms with Crippen molar-refractivity contribution in [2.24, 2.45) is 51.2 Å². The summed E-state index contributed by atoms with van der Waals surface area (Å²) in [5, 5.41) is 20.0. The molecule has 228 valence electrons. The summed E-state index contributed by atoms with van der Waals surface area (Å²) in [6, 6.07) is 6.75. The molecule has 0 spiro atoms. The van der Waals surface area contributed by atoms with Crippen molar-refractivity contribution in [3.63, 3.8) is 0 Å². The third-order valence-electron chi connectivity index (χ3n) is 14.3. The second-order valence-electron chi connectivity index (χ2n) is 16.1. The number of aromatic carboxylic acids is 1. The van der Waals surface area contributed by atoms with Crippen LogP contribution in [0.5, 0.6) is 0 Å². The Bertz CT molecular complexity index is 1350. The highest BCUT2D eigenvalue weighted by Gasteiger charge is 2.72. The Labute approximate surface area is 250 Å². The first-order valence-electron chi connectivity index (χ1n) is 16.1. The molecule has 1 saturated heterocycles. The molecule has 4 saturated carbocycles. The maximum Gasteiger partial charge on any atom is 0.335 e. The average Bonchev–Trinajstić information content (AvgIpc) is 3.30. The minimum absolute atomic E-state index is 0.0164. The molecule has 0 bridgehead atoms. The fourth-order valence-electron chi connectivity index (χ4n) is 12.4. The van der Waals surface area contributed by atoms with Gasteiger partial charge < -0.3 is 15.1 Å². The summed E-state index contributed by atoms with van der Waals surface area (Å²) in [5.74, 6) is -0.00287. The van der Waals surface area contributed by atoms with Gasteiger partial charge in [-0.3, -0.25) is 9.59 Å². The van der Waals surface area contributed by atoms with Crippen LogP contribution in [-0.4, -0.2) is 33.6 Å². The number of amides is 1. The molecule has 1 amide bonds. The van der Waals surface area contributed by atoms with E-state index >= 15 is 0 Å². The van der Waals surface area contributed by atoms with Crippen LogP contribution in [0, 0.1) is 51.2 Å². The lowest BCUT2D eigenvalue weighted by molar-refractivity contribution is -0.229. The summed E-state index contributed by atoms with van der Waals surface area (Å²) in [6.45, 7) is 18.2. The monoisotopic (exact) mass is 575 g/mol. The predicted octanol–water partition coefficient (Wildman–Crippen LogP) is 7.82. The normalized spacial score (nSPS) is 43.9. The van der Waals surface area contributed by atoms with Gasteiger partial charge in [0.05, 0.1) is 11.0 Å². The zero-order valence-corrected chi connectivity index (χ0v) is 26.3. The van der Waals surface area contributed by atoms with Gasteiger partial charge >= 0.3 is 11.9 Å². The van der Waals surface area contributed by atoms with Crippen LogP contribution in [0.15, 0.2) is 36.4 Å². The number of carbonyl (C=O) groups excluding carboxylic acids is 1. The van der Waals surface area contributed by atoms with E-state index in [1.807, 2.05) is 4.90 Å². The third-order valence-corrected chi connectivity index (χ3v) is 14.3. The first-order chi connectivity index (χ1) is 19.5. The topological polar surface area (TPSA) is 94.9 Å². The zero-order chi connectivity index (χ0) is 30.6. The van der Waals surface area contributed by atoms with Crippen LogP contribution in [0.4, 0.5) is 5.69 Å². The van der Waals surface area contributed by atoms with Gasteiger partial charge in [-0.25, -0.2) is 4.79 Å². The Morgan fingerprint density at radius 1 is 0.857 bits per heavy atom. The summed E-state index contributed by atoms with van der Waals surface area (Å²) in [7, 11) is 0. The van der Waals surface area contributed by atoms with Crippen molar-refractivity contribution in [2.75, 3.05) is 4.90 Å². The van der Waals surface area contributed by atoms with Crippen LogP contribution in [0.1, 0.15) is 110 Å². The summed E-state index contributed by atoms with van der Waals surface area (Å²) < 4.78 is 0. The van der Waals surface area contributed by atoms with Gasteiger partial charge in [0.2, 0.25) is 5.91 Å². The molecular formula is C36H49NO5. The lowest BCUT2D eigenvalue weighted by Gasteiger charge is -2.72. The lowest BCUT2D eigenvalue weighted by atomic mass is 9.33. The summed E-state index contributed by atoms with van der Waals surface area (Å²) in [6.07, 6.45) is 8.04. The number of piperidine rings is 1. The summed E-state index contributed by atoms with van der Waals surface area (Å²) in [5.41, 5.74) is 0.964. The van der Waals surface area contributed by atoms with E-state index in [2.05, 4.69) is 48.1 Å². The van der Waals surface area contributed by atoms with Gasteiger partial charge in [0, 0.05) is 17.6 Å². The molecule has 0 radical (unpaired) electrons. The average molecular weight is 576 g/mol. The Morgan fingerprint density at radius 2 is 1.52 bits per heavy atom. The van der Waals surface area contributed by atoms with Crippen LogP contribution < -0.4 is 4.90 Å². The predicted molar refractivity (Wildman–Crippen MR) is 163 cm³/mol. The smallest absolute Gasteiger partial charge is 0.335 e. The number of carboxylic acid groups (broad SMARTS) is 2. The molecule has 1 aromatic rings. The minimum atomic E-state index is -0.968. The number of anilines is 1. The van der Waals surface area contributed by atoms with Crippen LogP contribution in [0.3, 0.4) is 0 Å². The van der Waals surface area contributed by atoms with Crippen molar-refractivity contribution in [2.45, 2.75) is 105 Å². The first-order valence-corrected chi connectivity index (χ1v) is 16.1. The first kappa shape index (κ1) is 29.4. The highest BCUT2D eigenvalue weighted by Crippen LogP contribution is 2.77. The molecule has 5 fully saturated rings. The van der Waals surface area contributed by atoms with E-state index in [9.17, 15) is 24.6 Å². The van der Waals surface area contributed by atoms with Crippen LogP contribution >= 0.6 is 0 Å². The number of aliphatic carboxylic acids is 1. The molecule has 9 atom stereocenters. The highest BCUT2D eigenvalue weighted by atomic mass is 16.4. The van der Waals surface area contributed by atoms with E-state index in [1.165, 1.54) is 0 Å². The number of hydrogen-bond donors (Lipinski definition) is 2. The number of nitrogens with zero attached hydrogens (tertiary/aromatic N) is 1. The van der Waals surface area contributed by atoms with E-state index in [0.717, 1.165) is 62.6 Å². The fourth-order valence-corrected chi connectivity index (χ4v) is 12.4. The van der Waals surface area contributed by atoms with Gasteiger partial charge in [-0.15, -0.1) is 0 Å². The molecular weight excluding hydrogens is 526 g/mol. The molecule has 4 aliphatic carbocycles. The number of rotatable bonds is 4.